The summed E-state index contributed by atoms with van der Waals surface area (Å²) in [4.78, 5) is 23.5. The topological polar surface area (TPSA) is 55.4 Å². The van der Waals surface area contributed by atoms with Crippen LogP contribution in [0.15, 0.2) is 24.3 Å². The van der Waals surface area contributed by atoms with Crippen LogP contribution in [0.2, 0.25) is 0 Å². The van der Waals surface area contributed by atoms with Crippen molar-refractivity contribution in [1.29, 1.82) is 0 Å². The number of amides is 1. The first-order chi connectivity index (χ1) is 9.63. The number of hydrogen-bond donors (Lipinski definition) is 1. The van der Waals surface area contributed by atoms with Crippen molar-refractivity contribution in [2.45, 2.75) is 18.9 Å². The summed E-state index contributed by atoms with van der Waals surface area (Å²) >= 11 is 1.15. The molecule has 1 amide bonds. The highest BCUT2D eigenvalue weighted by Gasteiger charge is 2.24. The van der Waals surface area contributed by atoms with Crippen molar-refractivity contribution in [3.05, 3.63) is 35.0 Å². The second-order valence-electron chi connectivity index (χ2n) is 4.68. The van der Waals surface area contributed by atoms with Gasteiger partial charge in [0.25, 0.3) is 5.91 Å². The van der Waals surface area contributed by atoms with Crippen LogP contribution in [0.1, 0.15) is 22.5 Å². The molecule has 1 heterocycles. The maximum absolute atomic E-state index is 13.5. The number of benzene rings is 1. The van der Waals surface area contributed by atoms with Gasteiger partial charge in [-0.2, -0.15) is 0 Å². The summed E-state index contributed by atoms with van der Waals surface area (Å²) in [5, 5.41) is 3.12. The van der Waals surface area contributed by atoms with E-state index < -0.39 is 5.97 Å². The van der Waals surface area contributed by atoms with E-state index in [-0.39, 0.29) is 24.4 Å². The summed E-state index contributed by atoms with van der Waals surface area (Å²) in [6.45, 7) is -0.300. The quantitative estimate of drug-likeness (QED) is 0.881. The van der Waals surface area contributed by atoms with E-state index in [0.29, 0.717) is 15.0 Å². The van der Waals surface area contributed by atoms with Crippen LogP contribution >= 0.6 is 11.3 Å². The van der Waals surface area contributed by atoms with Gasteiger partial charge in [-0.1, -0.05) is 6.07 Å². The minimum atomic E-state index is -0.600. The number of halogens is 1. The summed E-state index contributed by atoms with van der Waals surface area (Å²) in [7, 11) is 0. The van der Waals surface area contributed by atoms with Gasteiger partial charge in [0, 0.05) is 16.1 Å². The van der Waals surface area contributed by atoms with Crippen molar-refractivity contribution in [2.24, 2.45) is 0 Å². The Kier molecular flexibility index (Phi) is 3.40. The second kappa shape index (κ2) is 5.20. The molecular formula is C14H12FNO3S. The molecule has 1 aliphatic carbocycles. The molecule has 20 heavy (non-hydrogen) atoms. The highest BCUT2D eigenvalue weighted by molar-refractivity contribution is 7.20. The molecule has 1 aromatic heterocycles. The summed E-state index contributed by atoms with van der Waals surface area (Å²) in [5.74, 6) is -1.27. The molecule has 0 saturated heterocycles. The zero-order chi connectivity index (χ0) is 14.1. The lowest BCUT2D eigenvalue weighted by Crippen LogP contribution is -2.30. The predicted molar refractivity (Wildman–Crippen MR) is 73.2 cm³/mol. The Balaban J connectivity index is 1.65. The van der Waals surface area contributed by atoms with Gasteiger partial charge in [0.05, 0.1) is 0 Å². The molecular weight excluding hydrogens is 281 g/mol. The summed E-state index contributed by atoms with van der Waals surface area (Å²) in [6.07, 6.45) is 1.96. The fraction of sp³-hybridized carbons (Fsp3) is 0.286. The third-order valence-corrected chi connectivity index (χ3v) is 4.07. The van der Waals surface area contributed by atoms with Crippen LogP contribution in [-0.4, -0.2) is 24.5 Å². The van der Waals surface area contributed by atoms with Crippen LogP contribution in [0.5, 0.6) is 0 Å². The molecule has 0 spiro atoms. The van der Waals surface area contributed by atoms with E-state index in [4.69, 9.17) is 4.74 Å². The minimum absolute atomic E-state index is 0.236. The molecule has 0 atom stereocenters. The Morgan fingerprint density at radius 3 is 2.90 bits per heavy atom. The average Bonchev–Trinajstić information content (AvgIpc) is 3.11. The number of nitrogens with one attached hydrogen (secondary N) is 1. The molecule has 4 nitrogen and oxygen atoms in total. The molecule has 6 heteroatoms. The van der Waals surface area contributed by atoms with Crippen LogP contribution < -0.4 is 5.32 Å². The summed E-state index contributed by atoms with van der Waals surface area (Å²) in [5.41, 5.74) is 0. The first-order valence-corrected chi connectivity index (χ1v) is 7.09. The van der Waals surface area contributed by atoms with Gasteiger partial charge in [-0.05, 0) is 31.0 Å². The Morgan fingerprint density at radius 2 is 2.20 bits per heavy atom. The van der Waals surface area contributed by atoms with Gasteiger partial charge < -0.3 is 10.1 Å². The fourth-order valence-corrected chi connectivity index (χ4v) is 2.79. The molecule has 0 unspecified atom stereocenters. The van der Waals surface area contributed by atoms with Crippen molar-refractivity contribution < 1.29 is 18.7 Å². The summed E-state index contributed by atoms with van der Waals surface area (Å²) < 4.78 is 19.1. The lowest BCUT2D eigenvalue weighted by atomic mass is 10.2. The highest BCUT2D eigenvalue weighted by Crippen LogP contribution is 2.28. The average molecular weight is 293 g/mol. The van der Waals surface area contributed by atoms with E-state index in [0.717, 1.165) is 24.2 Å². The molecule has 1 aromatic carbocycles. The third-order valence-electron chi connectivity index (χ3n) is 2.99. The number of fused-ring (bicyclic) bond motifs is 1. The molecule has 0 radical (unpaired) electrons. The molecule has 0 aliphatic heterocycles. The first-order valence-electron chi connectivity index (χ1n) is 6.28. The third kappa shape index (κ3) is 2.80. The van der Waals surface area contributed by atoms with Crippen LogP contribution in [0, 0.1) is 5.82 Å². The number of hydrogen-bond acceptors (Lipinski definition) is 4. The Hall–Kier alpha value is -1.95. The number of ether oxygens (including phenoxy) is 1. The van der Waals surface area contributed by atoms with Crippen molar-refractivity contribution in [3.8, 4) is 0 Å². The monoisotopic (exact) mass is 293 g/mol. The van der Waals surface area contributed by atoms with Crippen LogP contribution in [0.25, 0.3) is 10.1 Å². The standard InChI is InChI=1S/C14H12FNO3S/c15-10-2-1-3-11-9(10)6-12(20-11)14(18)19-7-13(17)16-8-4-5-8/h1-3,6,8H,4-5,7H2,(H,16,17). The molecule has 3 rings (SSSR count). The first kappa shape index (κ1) is 13.1. The van der Waals surface area contributed by atoms with E-state index in [1.165, 1.54) is 12.1 Å². The number of thiophene rings is 1. The zero-order valence-corrected chi connectivity index (χ0v) is 11.3. The Morgan fingerprint density at radius 1 is 1.40 bits per heavy atom. The highest BCUT2D eigenvalue weighted by atomic mass is 32.1. The molecule has 1 fully saturated rings. The number of carbonyl (C=O) groups excluding carboxylic acids is 2. The maximum atomic E-state index is 13.5. The van der Waals surface area contributed by atoms with Crippen LogP contribution in [0.4, 0.5) is 4.39 Å². The lowest BCUT2D eigenvalue weighted by molar-refractivity contribution is -0.124. The molecule has 1 N–H and O–H groups in total. The molecule has 2 aromatic rings. The van der Waals surface area contributed by atoms with Gasteiger partial charge in [0.15, 0.2) is 6.61 Å². The fourth-order valence-electron chi connectivity index (χ4n) is 1.83. The molecule has 1 aliphatic rings. The molecule has 104 valence electrons. The maximum Gasteiger partial charge on any atom is 0.348 e. The van der Waals surface area contributed by atoms with Crippen LogP contribution in [-0.2, 0) is 9.53 Å². The van der Waals surface area contributed by atoms with Gasteiger partial charge in [-0.15, -0.1) is 11.3 Å². The lowest BCUT2D eigenvalue weighted by Gasteiger charge is -2.03. The second-order valence-corrected chi connectivity index (χ2v) is 5.76. The van der Waals surface area contributed by atoms with E-state index in [1.807, 2.05) is 0 Å². The minimum Gasteiger partial charge on any atom is -0.451 e. The number of carbonyl (C=O) groups is 2. The van der Waals surface area contributed by atoms with Gasteiger partial charge in [-0.3, -0.25) is 4.79 Å². The van der Waals surface area contributed by atoms with E-state index in [2.05, 4.69) is 5.32 Å². The van der Waals surface area contributed by atoms with Crippen molar-refractivity contribution in [1.82, 2.24) is 5.32 Å². The van der Waals surface area contributed by atoms with Gasteiger partial charge in [0.2, 0.25) is 0 Å². The SMILES string of the molecule is O=C(COC(=O)c1cc2c(F)cccc2s1)NC1CC1. The van der Waals surface area contributed by atoms with Gasteiger partial charge in [-0.25, -0.2) is 9.18 Å². The van der Waals surface area contributed by atoms with Crippen molar-refractivity contribution in [2.75, 3.05) is 6.61 Å². The largest absolute Gasteiger partial charge is 0.451 e. The Labute approximate surface area is 118 Å². The van der Waals surface area contributed by atoms with E-state index in [9.17, 15) is 14.0 Å². The number of esters is 1. The van der Waals surface area contributed by atoms with E-state index in [1.54, 1.807) is 12.1 Å². The Bertz CT molecular complexity index is 678. The van der Waals surface area contributed by atoms with Crippen molar-refractivity contribution >= 4 is 33.3 Å². The predicted octanol–water partition coefficient (Wildman–Crippen LogP) is 2.48. The normalized spacial score (nSPS) is 14.2. The zero-order valence-electron chi connectivity index (χ0n) is 10.5. The van der Waals surface area contributed by atoms with Gasteiger partial charge >= 0.3 is 5.97 Å². The molecule has 1 saturated carbocycles. The smallest absolute Gasteiger partial charge is 0.348 e. The van der Waals surface area contributed by atoms with E-state index >= 15 is 0 Å². The summed E-state index contributed by atoms with van der Waals surface area (Å²) in [6, 6.07) is 6.36. The number of rotatable bonds is 4. The van der Waals surface area contributed by atoms with Crippen LogP contribution in [0.3, 0.4) is 0 Å². The van der Waals surface area contributed by atoms with Gasteiger partial charge in [0.1, 0.15) is 10.7 Å². The molecule has 0 bridgehead atoms. The van der Waals surface area contributed by atoms with Crippen molar-refractivity contribution in [3.63, 3.8) is 0 Å².